The van der Waals surface area contributed by atoms with Gasteiger partial charge in [0.05, 0.1) is 15.5 Å². The largest absolute Gasteiger partial charge is 1.00 e. The molecule has 0 aliphatic rings. The predicted molar refractivity (Wildman–Crippen MR) is 495 cm³/mol. The normalized spacial score (nSPS) is 10.0. The van der Waals surface area contributed by atoms with Gasteiger partial charge in [-0.05, 0) is 226 Å². The molecule has 602 valence electrons. The van der Waals surface area contributed by atoms with Crippen molar-refractivity contribution < 1.29 is 23.7 Å². The summed E-state index contributed by atoms with van der Waals surface area (Å²) in [5, 5.41) is 32.4. The van der Waals surface area contributed by atoms with Crippen molar-refractivity contribution in [3.8, 4) is 46.6 Å². The van der Waals surface area contributed by atoms with Gasteiger partial charge in [0.25, 0.3) is 11.1 Å². The molecule has 0 fully saturated rings. The van der Waals surface area contributed by atoms with Crippen molar-refractivity contribution in [2.24, 2.45) is 0 Å². The molecule has 7 heterocycles. The quantitative estimate of drug-likeness (QED) is 0.0108. The van der Waals surface area contributed by atoms with Crippen LogP contribution in [0, 0.1) is 32.7 Å². The minimum atomic E-state index is -0.574. The number of anilines is 7. The number of nitrogens with zero attached hydrogens (tertiary/aromatic N) is 12. The smallest absolute Gasteiger partial charge is 0.399 e. The van der Waals surface area contributed by atoms with Gasteiger partial charge < -0.3 is 31.9 Å². The average molecular weight is 1820 g/mol. The SMILES string of the molecule is Brc1ccc(-c2nc3cccnc3n2-c2ccccc2)cc1.C#CN(CC)c1ccc(-c2nc3cccnc3n2-c2ccccc2)cc1.CCNCC.Nc1ccccc1.O=C(Cl)c1ccc(Br)cc1.O=C(Nc1cccnc1Nc1ccccc1)c1ccc(Br)cc1.O=[N+]([O-])c1cccnc1Cl.O=[N+]([O-])c1cccnc1Nc1ccccc1.[H+].[HH].[HH]. The van der Waals surface area contributed by atoms with E-state index in [1.807, 2.05) is 206 Å². The van der Waals surface area contributed by atoms with E-state index in [4.69, 9.17) is 45.3 Å². The first-order chi connectivity index (χ1) is 57.9. The fourth-order valence-electron chi connectivity index (χ4n) is 10.7. The van der Waals surface area contributed by atoms with Crippen LogP contribution in [0.15, 0.2) is 354 Å². The maximum absolute atomic E-state index is 12.3. The van der Waals surface area contributed by atoms with Gasteiger partial charge in [-0.2, -0.15) is 0 Å². The van der Waals surface area contributed by atoms with Crippen molar-refractivity contribution in [2.45, 2.75) is 20.8 Å². The molecule has 7 aromatic heterocycles. The monoisotopic (exact) mass is 1820 g/mol. The van der Waals surface area contributed by atoms with E-state index in [9.17, 15) is 29.8 Å². The minimum Gasteiger partial charge on any atom is -0.399 e. The Morgan fingerprint density at radius 1 is 0.487 bits per heavy atom. The number of amides is 1. The number of fused-ring (bicyclic) bond motifs is 2. The molecule has 16 rings (SSSR count). The van der Waals surface area contributed by atoms with Crippen LogP contribution in [0.1, 0.15) is 45.8 Å². The van der Waals surface area contributed by atoms with E-state index >= 15 is 0 Å². The number of nitrogens with one attached hydrogen (secondary N) is 4. The van der Waals surface area contributed by atoms with Gasteiger partial charge in [-0.3, -0.25) is 39.0 Å². The number of terminal acetylenes is 1. The third-order valence-corrected chi connectivity index (χ3v) is 18.5. The summed E-state index contributed by atoms with van der Waals surface area (Å²) in [5.74, 6) is 2.43. The Morgan fingerprint density at radius 3 is 1.28 bits per heavy atom. The number of carbonyl (C=O) groups is 2. The number of hydrogen-bond donors (Lipinski definition) is 5. The number of para-hydroxylation sites is 5. The zero-order valence-electron chi connectivity index (χ0n) is 65.3. The van der Waals surface area contributed by atoms with Gasteiger partial charge in [-0.1, -0.05) is 183 Å². The highest BCUT2D eigenvalue weighted by Crippen LogP contribution is 2.32. The highest BCUT2D eigenvalue weighted by molar-refractivity contribution is 9.11. The van der Waals surface area contributed by atoms with Crippen LogP contribution < -0.4 is 31.9 Å². The van der Waals surface area contributed by atoms with Crippen molar-refractivity contribution in [3.63, 3.8) is 0 Å². The van der Waals surface area contributed by atoms with Crippen LogP contribution in [0.2, 0.25) is 5.15 Å². The number of nitrogen functional groups attached to an aromatic ring is 1. The Bertz CT molecular complexity index is 5930. The van der Waals surface area contributed by atoms with Gasteiger partial charge in [0.2, 0.25) is 11.0 Å². The maximum Gasteiger partial charge on any atom is 1.00 e. The zero-order valence-corrected chi connectivity index (χ0v) is 70.6. The second kappa shape index (κ2) is 47.4. The van der Waals surface area contributed by atoms with Gasteiger partial charge in [0.15, 0.2) is 17.1 Å². The molecule has 119 heavy (non-hydrogen) atoms. The van der Waals surface area contributed by atoms with Crippen LogP contribution in [0.4, 0.5) is 51.4 Å². The number of nitrogens with two attached hydrogens (primary N) is 1. The van der Waals surface area contributed by atoms with Gasteiger partial charge in [-0.15, -0.1) is 0 Å². The highest BCUT2D eigenvalue weighted by Gasteiger charge is 2.19. The topological polar surface area (TPSA) is 298 Å². The van der Waals surface area contributed by atoms with Crippen LogP contribution in [0.3, 0.4) is 0 Å². The molecule has 1 amide bonds. The Labute approximate surface area is 727 Å². The summed E-state index contributed by atoms with van der Waals surface area (Å²) < 4.78 is 7.11. The Kier molecular flexibility index (Phi) is 35.6. The standard InChI is InChI=1S/C22H18N4.C18H14BrN3O.C18H12BrN3.C11H9N3O2.C7H4BrClO.C6H7N.C5H3ClN2O2.C4H11N.2H2/c1-3-25(4-2)18-14-12-17(13-15-18)21-24-20-11-8-16-23-22(20)26(21)19-9-6-5-7-10-19;19-14-10-8-13(9-11-14)18(23)22-16-7-4-12-20-17(16)21-15-5-2-1-3-6-15;19-14-10-8-13(9-11-14)17-21-16-7-4-12-20-18(16)22(17)15-5-2-1-3-6-15;15-14(16)10-7-4-8-12-11(10)13-9-5-2-1-3-6-9;8-6-3-1-5(2-4-6)7(9)10;7-6-4-2-1-3-5-6;6-5-4(8(9)10)2-1-3-7-5;1-3-5-4-2;;/h1,5-16H,4H2,2H3;1-12H,(H,20,21)(H,22,23);1-12H;1-8H,(H,12,13);1-4H;1-5H,7H2;1-3H;5H,3-4H2,1-2H3;2*1H/p+1. The molecule has 0 radical (unpaired) electrons. The molecular formula is C91H83Br3Cl2N17O6+. The van der Waals surface area contributed by atoms with E-state index in [1.165, 1.54) is 36.7 Å². The number of halogens is 5. The molecule has 28 heteroatoms. The Morgan fingerprint density at radius 2 is 0.874 bits per heavy atom. The summed E-state index contributed by atoms with van der Waals surface area (Å²) in [7, 11) is 0. The predicted octanol–water partition coefficient (Wildman–Crippen LogP) is 23.9. The van der Waals surface area contributed by atoms with Crippen LogP contribution in [-0.4, -0.2) is 84.7 Å². The number of carbonyl (C=O) groups excluding carboxylic acids is 2. The van der Waals surface area contributed by atoms with Crippen LogP contribution >= 0.6 is 71.0 Å². The van der Waals surface area contributed by atoms with Gasteiger partial charge in [-0.25, -0.2) is 34.9 Å². The number of nitro groups is 2. The molecule has 0 saturated heterocycles. The maximum atomic E-state index is 12.3. The van der Waals surface area contributed by atoms with Crippen molar-refractivity contribution >= 4 is 156 Å². The molecule has 0 bridgehead atoms. The lowest BCUT2D eigenvalue weighted by molar-refractivity contribution is -0.385. The first-order valence-corrected chi connectivity index (χ1v) is 39.8. The Balaban J connectivity index is 0.000000225. The lowest BCUT2D eigenvalue weighted by Gasteiger charge is -2.15. The number of hydrogen-bond acceptors (Lipinski definition) is 18. The summed E-state index contributed by atoms with van der Waals surface area (Å²) in [6.45, 7) is 9.19. The molecule has 0 unspecified atom stereocenters. The molecule has 9 aromatic carbocycles. The van der Waals surface area contributed by atoms with Gasteiger partial charge in [0.1, 0.15) is 22.7 Å². The number of pyridine rings is 5. The zero-order chi connectivity index (χ0) is 84.7. The fraction of sp³-hybridized carbons (Fsp3) is 0.0659. The number of imidazole rings is 2. The van der Waals surface area contributed by atoms with Crippen LogP contribution in [0.25, 0.3) is 56.5 Å². The second-order valence-corrected chi connectivity index (χ2v) is 28.0. The van der Waals surface area contributed by atoms with E-state index in [1.54, 1.807) is 61.1 Å². The summed E-state index contributed by atoms with van der Waals surface area (Å²) in [5.41, 5.74) is 18.0. The summed E-state index contributed by atoms with van der Waals surface area (Å²) >= 11 is 20.6. The van der Waals surface area contributed by atoms with Gasteiger partial charge in [0, 0.05) is 128 Å². The van der Waals surface area contributed by atoms with Crippen molar-refractivity contribution in [3.05, 3.63) is 390 Å². The van der Waals surface area contributed by atoms with E-state index in [0.29, 0.717) is 22.6 Å². The number of benzene rings is 9. The lowest BCUT2D eigenvalue weighted by atomic mass is 10.1. The molecule has 0 aliphatic heterocycles. The summed E-state index contributed by atoms with van der Waals surface area (Å²) in [6, 6.07) is 98.9. The van der Waals surface area contributed by atoms with E-state index in [2.05, 4.69) is 172 Å². The molecule has 0 spiro atoms. The highest BCUT2D eigenvalue weighted by atomic mass is 79.9. The Hall–Kier alpha value is -13.7. The second-order valence-electron chi connectivity index (χ2n) is 24.5. The molecule has 16 aromatic rings. The van der Waals surface area contributed by atoms with E-state index in [-0.39, 0.29) is 32.5 Å². The first kappa shape index (κ1) is 89.3. The molecule has 23 nitrogen and oxygen atoms in total. The minimum absolute atomic E-state index is 0. The molecule has 6 N–H and O–H groups in total. The van der Waals surface area contributed by atoms with Crippen molar-refractivity contribution in [1.82, 2.24) is 49.3 Å². The first-order valence-electron chi connectivity index (χ1n) is 36.7. The van der Waals surface area contributed by atoms with Crippen LogP contribution in [-0.2, 0) is 0 Å². The summed E-state index contributed by atoms with van der Waals surface area (Å²) in [4.78, 5) is 74.9. The molecule has 0 atom stereocenters. The summed E-state index contributed by atoms with van der Waals surface area (Å²) in [6.07, 6.45) is 13.8. The van der Waals surface area contributed by atoms with E-state index < -0.39 is 15.1 Å². The van der Waals surface area contributed by atoms with Crippen molar-refractivity contribution in [2.75, 3.05) is 46.2 Å². The lowest BCUT2D eigenvalue weighted by Crippen LogP contribution is -2.14. The van der Waals surface area contributed by atoms with E-state index in [0.717, 1.165) is 112 Å². The van der Waals surface area contributed by atoms with Crippen LogP contribution in [0.5, 0.6) is 0 Å². The van der Waals surface area contributed by atoms with Gasteiger partial charge >= 0.3 is 12.8 Å². The molecular weight excluding hydrogens is 1740 g/mol. The molecule has 0 saturated carbocycles. The third kappa shape index (κ3) is 27.5. The third-order valence-electron chi connectivity index (χ3n) is 16.4. The fourth-order valence-corrected chi connectivity index (χ4v) is 11.9. The number of aromatic nitrogens is 9. The average Bonchev–Trinajstić information content (AvgIpc) is 1.63. The van der Waals surface area contributed by atoms with Crippen molar-refractivity contribution in [1.29, 1.82) is 0 Å². The molecule has 0 aliphatic carbocycles. The number of rotatable bonds is 17.